The molecule has 0 fully saturated rings. The van der Waals surface area contributed by atoms with Gasteiger partial charge in [0, 0.05) is 12.3 Å². The lowest BCUT2D eigenvalue weighted by molar-refractivity contribution is -0.137. The predicted molar refractivity (Wildman–Crippen MR) is 124 cm³/mol. The lowest BCUT2D eigenvalue weighted by Crippen LogP contribution is -2.32. The van der Waals surface area contributed by atoms with Crippen LogP contribution in [-0.2, 0) is 16.2 Å². The number of amidine groups is 1. The highest BCUT2D eigenvalue weighted by Gasteiger charge is 2.35. The van der Waals surface area contributed by atoms with Gasteiger partial charge in [-0.15, -0.1) is 0 Å². The van der Waals surface area contributed by atoms with Crippen LogP contribution < -0.4 is 15.5 Å². The molecule has 2 heterocycles. The summed E-state index contributed by atoms with van der Waals surface area (Å²) in [6.07, 6.45) is -2.44. The van der Waals surface area contributed by atoms with Gasteiger partial charge in [-0.1, -0.05) is 34.9 Å². The van der Waals surface area contributed by atoms with Gasteiger partial charge in [0.2, 0.25) is 0 Å². The molecule has 16 heteroatoms. The van der Waals surface area contributed by atoms with Crippen molar-refractivity contribution in [3.05, 3.63) is 75.3 Å². The van der Waals surface area contributed by atoms with E-state index in [1.165, 1.54) is 29.5 Å². The van der Waals surface area contributed by atoms with Crippen LogP contribution in [0.25, 0.3) is 0 Å². The Bertz CT molecular complexity index is 1370. The second-order valence-electron chi connectivity index (χ2n) is 6.32. The number of aromatic nitrogens is 2. The van der Waals surface area contributed by atoms with Crippen LogP contribution in [0.3, 0.4) is 0 Å². The number of halogens is 6. The minimum atomic E-state index is -4.88. The number of hydrogen-bond donors (Lipinski definition) is 2. The van der Waals surface area contributed by atoms with Crippen molar-refractivity contribution in [1.82, 2.24) is 10.1 Å². The average Bonchev–Trinajstić information content (AvgIpc) is 3.25. The smallest absolute Gasteiger partial charge is 0.363 e. The number of alkyl halides is 3. The quantitative estimate of drug-likeness (QED) is 0.131. The number of hydrogen-bond acceptors (Lipinski definition) is 7. The van der Waals surface area contributed by atoms with E-state index in [0.29, 0.717) is 6.07 Å². The summed E-state index contributed by atoms with van der Waals surface area (Å²) in [5.74, 6) is 5.55. The molecular formula is C18H12BrCl2F3N6O3S. The summed E-state index contributed by atoms with van der Waals surface area (Å²) in [4.78, 5) is 4.61. The van der Waals surface area contributed by atoms with Gasteiger partial charge in [0.25, 0.3) is 10.0 Å². The Morgan fingerprint density at radius 2 is 1.97 bits per heavy atom. The third kappa shape index (κ3) is 5.46. The van der Waals surface area contributed by atoms with Gasteiger partial charge in [-0.05, 0) is 40.2 Å². The Balaban J connectivity index is 2.11. The topological polar surface area (TPSA) is 127 Å². The molecule has 0 aliphatic carbocycles. The number of benzene rings is 1. The molecule has 0 saturated heterocycles. The Morgan fingerprint density at radius 3 is 2.53 bits per heavy atom. The molecule has 0 atom stereocenters. The Morgan fingerprint density at radius 1 is 1.26 bits per heavy atom. The SMILES string of the molecule is C=C(Br)N(/C(=N\N)c1ncc(Cl)cc1NS(=O)(=O)c1ccc(Cl)c(C(F)(F)F)c1)c1ccon1. The summed E-state index contributed by atoms with van der Waals surface area (Å²) in [5.41, 5.74) is -1.72. The zero-order chi connectivity index (χ0) is 25.3. The summed E-state index contributed by atoms with van der Waals surface area (Å²) >= 11 is 14.7. The molecule has 2 aromatic heterocycles. The van der Waals surface area contributed by atoms with Crippen molar-refractivity contribution in [2.24, 2.45) is 10.9 Å². The highest BCUT2D eigenvalue weighted by molar-refractivity contribution is 9.11. The summed E-state index contributed by atoms with van der Waals surface area (Å²) in [6, 6.07) is 4.75. The van der Waals surface area contributed by atoms with E-state index in [4.69, 9.17) is 33.6 Å². The molecule has 1 aromatic carbocycles. The van der Waals surface area contributed by atoms with E-state index >= 15 is 0 Å². The number of sulfonamides is 1. The monoisotopic (exact) mass is 598 g/mol. The van der Waals surface area contributed by atoms with E-state index in [9.17, 15) is 21.6 Å². The van der Waals surface area contributed by atoms with Crippen molar-refractivity contribution in [3.63, 3.8) is 0 Å². The summed E-state index contributed by atoms with van der Waals surface area (Å²) in [7, 11) is -4.58. The first-order valence-electron chi connectivity index (χ1n) is 8.73. The van der Waals surface area contributed by atoms with Crippen LogP contribution in [0, 0.1) is 0 Å². The normalized spacial score (nSPS) is 12.5. The first kappa shape index (κ1) is 25.8. The van der Waals surface area contributed by atoms with Crippen LogP contribution >= 0.6 is 39.1 Å². The third-order valence-electron chi connectivity index (χ3n) is 4.09. The van der Waals surface area contributed by atoms with Crippen molar-refractivity contribution in [2.45, 2.75) is 11.1 Å². The fourth-order valence-corrected chi connectivity index (χ4v) is 4.50. The van der Waals surface area contributed by atoms with E-state index in [0.717, 1.165) is 12.1 Å². The molecule has 0 amide bonds. The predicted octanol–water partition coefficient (Wildman–Crippen LogP) is 5.19. The van der Waals surface area contributed by atoms with Gasteiger partial charge < -0.3 is 10.4 Å². The van der Waals surface area contributed by atoms with Crippen LogP contribution in [0.15, 0.2) is 68.5 Å². The van der Waals surface area contributed by atoms with Gasteiger partial charge in [0.1, 0.15) is 12.0 Å². The van der Waals surface area contributed by atoms with E-state index in [2.05, 4.69) is 42.5 Å². The lowest BCUT2D eigenvalue weighted by atomic mass is 10.2. The minimum absolute atomic E-state index is 0.00978. The fourth-order valence-electron chi connectivity index (χ4n) is 2.68. The number of anilines is 2. The molecule has 0 bridgehead atoms. The van der Waals surface area contributed by atoms with Gasteiger partial charge >= 0.3 is 6.18 Å². The number of hydrazone groups is 1. The summed E-state index contributed by atoms with van der Waals surface area (Å²) in [6.45, 7) is 3.73. The van der Waals surface area contributed by atoms with Gasteiger partial charge in [0.15, 0.2) is 11.7 Å². The van der Waals surface area contributed by atoms with E-state index < -0.39 is 31.7 Å². The van der Waals surface area contributed by atoms with Crippen molar-refractivity contribution in [3.8, 4) is 0 Å². The molecule has 180 valence electrons. The van der Waals surface area contributed by atoms with Crippen LogP contribution in [0.1, 0.15) is 11.3 Å². The first-order chi connectivity index (χ1) is 15.8. The molecule has 3 aromatic rings. The molecule has 9 nitrogen and oxygen atoms in total. The second-order valence-corrected chi connectivity index (χ2v) is 9.76. The van der Waals surface area contributed by atoms with Crippen LogP contribution in [0.2, 0.25) is 10.0 Å². The van der Waals surface area contributed by atoms with Gasteiger partial charge in [-0.25, -0.2) is 13.4 Å². The van der Waals surface area contributed by atoms with Crippen LogP contribution in [0.4, 0.5) is 24.7 Å². The molecule has 34 heavy (non-hydrogen) atoms. The lowest BCUT2D eigenvalue weighted by Gasteiger charge is -2.23. The highest BCUT2D eigenvalue weighted by atomic mass is 79.9. The van der Waals surface area contributed by atoms with E-state index in [1.54, 1.807) is 0 Å². The number of nitrogens with one attached hydrogen (secondary N) is 1. The maximum Gasteiger partial charge on any atom is 0.417 e. The number of rotatable bonds is 6. The van der Waals surface area contributed by atoms with Crippen molar-refractivity contribution < 1.29 is 26.1 Å². The summed E-state index contributed by atoms with van der Waals surface area (Å²) < 4.78 is 72.7. The zero-order valence-corrected chi connectivity index (χ0v) is 20.4. The molecule has 0 unspecified atom stereocenters. The largest absolute Gasteiger partial charge is 0.417 e. The van der Waals surface area contributed by atoms with E-state index in [1.807, 2.05) is 0 Å². The average molecular weight is 600 g/mol. The van der Waals surface area contributed by atoms with Gasteiger partial charge in [0.05, 0.1) is 30.8 Å². The number of nitrogens with zero attached hydrogens (tertiary/aromatic N) is 4. The molecule has 0 spiro atoms. The van der Waals surface area contributed by atoms with Gasteiger partial charge in [-0.3, -0.25) is 9.62 Å². The van der Waals surface area contributed by atoms with E-state index in [-0.39, 0.29) is 32.7 Å². The maximum atomic E-state index is 13.2. The molecule has 0 aliphatic heterocycles. The van der Waals surface area contributed by atoms with Crippen LogP contribution in [0.5, 0.6) is 0 Å². The second kappa shape index (κ2) is 9.82. The third-order valence-corrected chi connectivity index (χ3v) is 6.35. The number of pyridine rings is 1. The number of nitrogens with two attached hydrogens (primary N) is 1. The Hall–Kier alpha value is -2.81. The Kier molecular flexibility index (Phi) is 7.45. The zero-order valence-electron chi connectivity index (χ0n) is 16.5. The molecule has 0 saturated carbocycles. The highest BCUT2D eigenvalue weighted by Crippen LogP contribution is 2.36. The van der Waals surface area contributed by atoms with Gasteiger partial charge in [-0.2, -0.15) is 18.3 Å². The van der Waals surface area contributed by atoms with Crippen LogP contribution in [-0.4, -0.2) is 24.4 Å². The fraction of sp³-hybridized carbons (Fsp3) is 0.0556. The van der Waals surface area contributed by atoms with Crippen molar-refractivity contribution >= 4 is 66.5 Å². The van der Waals surface area contributed by atoms with Crippen molar-refractivity contribution in [2.75, 3.05) is 9.62 Å². The standard InChI is InChI=1S/C18H12BrCl2F3N6O3S/c1-9(19)30(15-4-5-33-28-15)17(27-25)16-14(6-10(20)8-26-16)29-34(31,32)11-2-3-13(21)12(7-11)18(22,23)24/h2-8,29H,1,25H2/b27-17-. The molecular weight excluding hydrogens is 588 g/mol. The summed E-state index contributed by atoms with van der Waals surface area (Å²) in [5, 5.41) is 6.76. The maximum absolute atomic E-state index is 13.2. The molecule has 0 radical (unpaired) electrons. The minimum Gasteiger partial charge on any atom is -0.363 e. The molecule has 3 N–H and O–H groups in total. The Labute approximate surface area is 209 Å². The van der Waals surface area contributed by atoms with Crippen molar-refractivity contribution in [1.29, 1.82) is 0 Å². The first-order valence-corrected chi connectivity index (χ1v) is 11.8. The molecule has 0 aliphatic rings. The molecule has 3 rings (SSSR count).